The van der Waals surface area contributed by atoms with Crippen LogP contribution in [-0.2, 0) is 0 Å². The lowest BCUT2D eigenvalue weighted by Gasteiger charge is -2.07. The maximum atomic E-state index is 11.6. The fourth-order valence-electron chi connectivity index (χ4n) is 2.43. The van der Waals surface area contributed by atoms with Gasteiger partial charge >= 0.3 is 0 Å². The van der Waals surface area contributed by atoms with Gasteiger partial charge < -0.3 is 11.5 Å². The largest absolute Gasteiger partial charge is 0.397 e. The zero-order valence-corrected chi connectivity index (χ0v) is 14.1. The number of benzene rings is 1. The lowest BCUT2D eigenvalue weighted by atomic mass is 9.97. The Kier molecular flexibility index (Phi) is 3.67. The number of halogens is 1. The normalized spacial score (nSPS) is 10.6. The van der Waals surface area contributed by atoms with E-state index >= 15 is 0 Å². The lowest BCUT2D eigenvalue weighted by molar-refractivity contribution is -0.323. The van der Waals surface area contributed by atoms with Crippen LogP contribution in [-0.4, -0.2) is 5.91 Å². The van der Waals surface area contributed by atoms with Gasteiger partial charge in [-0.05, 0) is 17.7 Å². The second-order valence-electron chi connectivity index (χ2n) is 4.82. The summed E-state index contributed by atoms with van der Waals surface area (Å²) in [6, 6.07) is 9.50. The molecule has 0 saturated carbocycles. The molecule has 2 aromatic heterocycles. The molecule has 3 aromatic rings. The Balaban J connectivity index is 2.48. The first-order chi connectivity index (χ1) is 10.9. The van der Waals surface area contributed by atoms with Crippen molar-refractivity contribution in [2.24, 2.45) is 5.73 Å². The van der Waals surface area contributed by atoms with Crippen LogP contribution in [0.3, 0.4) is 0 Å². The van der Waals surface area contributed by atoms with Crippen LogP contribution in [0.15, 0.2) is 28.7 Å². The third-order valence-electron chi connectivity index (χ3n) is 3.43. The van der Waals surface area contributed by atoms with Crippen molar-refractivity contribution >= 4 is 54.9 Å². The van der Waals surface area contributed by atoms with E-state index in [4.69, 9.17) is 17.2 Å². The monoisotopic (exact) mass is 388 g/mol. The average molecular weight is 389 g/mol. The number of carbonyl (C=O) groups excluding carboxylic acids is 1. The number of fused-ring (bicyclic) bond motifs is 1. The van der Waals surface area contributed by atoms with Gasteiger partial charge in [0.25, 0.3) is 11.7 Å². The quantitative estimate of drug-likeness (QED) is 0.620. The number of pyridine rings is 1. The summed E-state index contributed by atoms with van der Waals surface area (Å²) in [6.07, 6.45) is 0. The number of amides is 1. The Morgan fingerprint density at radius 3 is 2.48 bits per heavy atom. The molecule has 6 nitrogen and oxygen atoms in total. The van der Waals surface area contributed by atoms with Crippen LogP contribution in [0.5, 0.6) is 0 Å². The van der Waals surface area contributed by atoms with E-state index in [1.54, 1.807) is 0 Å². The maximum Gasteiger partial charge on any atom is 0.290 e. The predicted molar refractivity (Wildman–Crippen MR) is 93.6 cm³/mol. The van der Waals surface area contributed by atoms with Crippen molar-refractivity contribution < 1.29 is 9.78 Å². The zero-order chi connectivity index (χ0) is 16.7. The molecule has 0 spiro atoms. The lowest BCUT2D eigenvalue weighted by Crippen LogP contribution is -2.13. The molecule has 0 saturated heterocycles. The van der Waals surface area contributed by atoms with Gasteiger partial charge in [-0.2, -0.15) is 5.26 Å². The average Bonchev–Trinajstić information content (AvgIpc) is 2.83. The third-order valence-corrected chi connectivity index (χ3v) is 5.10. The van der Waals surface area contributed by atoms with Crippen molar-refractivity contribution in [1.29, 1.82) is 5.26 Å². The summed E-state index contributed by atoms with van der Waals surface area (Å²) in [4.78, 5) is 15.3. The number of primary amides is 1. The van der Waals surface area contributed by atoms with E-state index in [-0.39, 0.29) is 21.9 Å². The topological polar surface area (TPSA) is 133 Å². The summed E-state index contributed by atoms with van der Waals surface area (Å²) in [7, 11) is 0. The number of thiophene rings is 1. The number of nitrogens with two attached hydrogens (primary N) is 3. The number of hydrogen-bond donors (Lipinski definition) is 3. The summed E-state index contributed by atoms with van der Waals surface area (Å²) >= 11 is 4.50. The van der Waals surface area contributed by atoms with E-state index in [9.17, 15) is 10.1 Å². The summed E-state index contributed by atoms with van der Waals surface area (Å²) in [5.74, 6) is -0.397. The minimum absolute atomic E-state index is 0.218. The molecule has 0 radical (unpaired) electrons. The molecule has 0 aliphatic rings. The van der Waals surface area contributed by atoms with Crippen LogP contribution >= 0.6 is 27.3 Å². The fourth-order valence-corrected chi connectivity index (χ4v) is 3.69. The van der Waals surface area contributed by atoms with Crippen LogP contribution in [0.2, 0.25) is 0 Å². The number of hydrogen-bond acceptors (Lipinski definition) is 5. The molecule has 0 fully saturated rings. The Labute approximate surface area is 143 Å². The number of nitrogens with one attached hydrogen (secondary N) is 1. The highest BCUT2D eigenvalue weighted by atomic mass is 79.9. The predicted octanol–water partition coefficient (Wildman–Crippen LogP) is 2.28. The van der Waals surface area contributed by atoms with Gasteiger partial charge in [-0.25, -0.2) is 4.98 Å². The SMILES string of the molecule is N#Cc1c(N)[nH+]c2sc(C(N)=O)c(N)c2c1-c1ccc(Br)cc1. The second kappa shape index (κ2) is 5.53. The van der Waals surface area contributed by atoms with Crippen molar-refractivity contribution in [3.05, 3.63) is 39.2 Å². The van der Waals surface area contributed by atoms with Gasteiger partial charge in [0.05, 0.1) is 11.1 Å². The molecule has 3 rings (SSSR count). The van der Waals surface area contributed by atoms with Crippen molar-refractivity contribution in [3.8, 4) is 17.2 Å². The van der Waals surface area contributed by atoms with Gasteiger partial charge in [-0.3, -0.25) is 10.5 Å². The number of nitrogen functional groups attached to an aromatic ring is 2. The maximum absolute atomic E-state index is 11.6. The molecule has 23 heavy (non-hydrogen) atoms. The van der Waals surface area contributed by atoms with E-state index < -0.39 is 5.91 Å². The number of nitrogens with zero attached hydrogens (tertiary/aromatic N) is 1. The smallest absolute Gasteiger partial charge is 0.290 e. The molecule has 0 bridgehead atoms. The van der Waals surface area contributed by atoms with Gasteiger partial charge in [0, 0.05) is 10.0 Å². The minimum Gasteiger partial charge on any atom is -0.397 e. The van der Waals surface area contributed by atoms with Gasteiger partial charge in [-0.15, -0.1) is 0 Å². The van der Waals surface area contributed by atoms with E-state index in [1.165, 1.54) is 0 Å². The molecule has 1 amide bonds. The second-order valence-corrected chi connectivity index (χ2v) is 6.76. The first kappa shape index (κ1) is 15.3. The number of anilines is 2. The van der Waals surface area contributed by atoms with Gasteiger partial charge in [-0.1, -0.05) is 39.4 Å². The molecule has 0 atom stereocenters. The van der Waals surface area contributed by atoms with Crippen molar-refractivity contribution in [1.82, 2.24) is 0 Å². The first-order valence-electron chi connectivity index (χ1n) is 6.46. The first-order valence-corrected chi connectivity index (χ1v) is 8.07. The molecule has 0 aliphatic carbocycles. The Morgan fingerprint density at radius 2 is 1.91 bits per heavy atom. The summed E-state index contributed by atoms with van der Waals surface area (Å²) in [5, 5.41) is 10.1. The van der Waals surface area contributed by atoms with Crippen LogP contribution < -0.4 is 22.2 Å². The van der Waals surface area contributed by atoms with Crippen molar-refractivity contribution in [2.45, 2.75) is 0 Å². The molecule has 2 heterocycles. The van der Waals surface area contributed by atoms with Crippen LogP contribution in [0.25, 0.3) is 21.3 Å². The van der Waals surface area contributed by atoms with Gasteiger partial charge in [0.1, 0.15) is 16.5 Å². The molecule has 114 valence electrons. The molecule has 1 aromatic carbocycles. The van der Waals surface area contributed by atoms with Crippen LogP contribution in [0, 0.1) is 11.3 Å². The Hall–Kier alpha value is -2.63. The van der Waals surface area contributed by atoms with E-state index in [2.05, 4.69) is 27.0 Å². The fraction of sp³-hybridized carbons (Fsp3) is 0. The number of nitriles is 1. The van der Waals surface area contributed by atoms with Crippen molar-refractivity contribution in [3.63, 3.8) is 0 Å². The van der Waals surface area contributed by atoms with E-state index in [1.807, 2.05) is 24.3 Å². The zero-order valence-electron chi connectivity index (χ0n) is 11.7. The summed E-state index contributed by atoms with van der Waals surface area (Å²) in [6.45, 7) is 0. The molecule has 8 heteroatoms. The summed E-state index contributed by atoms with van der Waals surface area (Å²) in [5.41, 5.74) is 19.3. The minimum atomic E-state index is -0.615. The van der Waals surface area contributed by atoms with Crippen LogP contribution in [0.1, 0.15) is 15.2 Å². The standard InChI is InChI=1S/C15H10BrN5OS/c16-7-3-1-6(2-4-7)9-8(5-17)13(19)21-15-10(9)11(18)12(23-15)14(20)22/h1-4H,18H2,(H2,19,21)(H2,20,22)/p+1. The van der Waals surface area contributed by atoms with Crippen molar-refractivity contribution in [2.75, 3.05) is 11.5 Å². The van der Waals surface area contributed by atoms with Crippen LogP contribution in [0.4, 0.5) is 11.5 Å². The molecule has 0 aliphatic heterocycles. The van der Waals surface area contributed by atoms with Gasteiger partial charge in [0.15, 0.2) is 4.83 Å². The van der Waals surface area contributed by atoms with Gasteiger partial charge in [0.2, 0.25) is 0 Å². The Bertz CT molecular complexity index is 988. The number of carbonyl (C=O) groups is 1. The Morgan fingerprint density at radius 1 is 1.26 bits per heavy atom. The molecular weight excluding hydrogens is 378 g/mol. The molecular formula is C15H11BrN5OS+. The number of aromatic nitrogens is 1. The van der Waals surface area contributed by atoms with E-state index in [0.717, 1.165) is 21.4 Å². The number of H-pyrrole nitrogens is 1. The van der Waals surface area contributed by atoms with E-state index in [0.29, 0.717) is 15.8 Å². The number of rotatable bonds is 2. The third kappa shape index (κ3) is 2.40. The molecule has 0 unspecified atom stereocenters. The number of aromatic amines is 1. The highest BCUT2D eigenvalue weighted by molar-refractivity contribution is 9.10. The highest BCUT2D eigenvalue weighted by Gasteiger charge is 2.25. The summed E-state index contributed by atoms with van der Waals surface area (Å²) < 4.78 is 0.905. The highest BCUT2D eigenvalue weighted by Crippen LogP contribution is 2.41. The molecule has 7 N–H and O–H groups in total.